The number of hydrogen-bond donors (Lipinski definition) is 2. The van der Waals surface area contributed by atoms with E-state index in [1.54, 1.807) is 25.4 Å². The average Bonchev–Trinajstić information content (AvgIpc) is 3.19. The van der Waals surface area contributed by atoms with Gasteiger partial charge in [-0.1, -0.05) is 23.7 Å². The Morgan fingerprint density at radius 2 is 1.91 bits per heavy atom. The number of halogens is 1. The molecule has 0 aliphatic heterocycles. The highest BCUT2D eigenvalue weighted by Gasteiger charge is 2.17. The fraction of sp³-hybridized carbons (Fsp3) is 0.200. The molecule has 2 aromatic heterocycles. The van der Waals surface area contributed by atoms with Gasteiger partial charge in [0.05, 0.1) is 0 Å². The Balaban J connectivity index is 1.83. The second-order valence-electron chi connectivity index (χ2n) is 7.84. The van der Waals surface area contributed by atoms with Crippen molar-refractivity contribution in [1.29, 1.82) is 0 Å². The number of aromatic amines is 1. The van der Waals surface area contributed by atoms with Crippen molar-refractivity contribution in [1.82, 2.24) is 14.9 Å². The molecule has 0 atom stereocenters. The molecule has 2 aromatic carbocycles. The van der Waals surface area contributed by atoms with Gasteiger partial charge < -0.3 is 19.6 Å². The Hall–Kier alpha value is -3.51. The molecule has 4 rings (SSSR count). The number of H-pyrrole nitrogens is 1. The Kier molecular flexibility index (Phi) is 5.80. The molecule has 0 radical (unpaired) electrons. The molecule has 0 unspecified atom stereocenters. The van der Waals surface area contributed by atoms with E-state index >= 15 is 0 Å². The fourth-order valence-electron chi connectivity index (χ4n) is 3.68. The van der Waals surface area contributed by atoms with Gasteiger partial charge >= 0.3 is 0 Å². The third kappa shape index (κ3) is 4.14. The van der Waals surface area contributed by atoms with Crippen molar-refractivity contribution in [3.05, 3.63) is 80.9 Å². The van der Waals surface area contributed by atoms with Crippen LogP contribution in [0.5, 0.6) is 11.5 Å². The summed E-state index contributed by atoms with van der Waals surface area (Å²) in [4.78, 5) is 28.0. The highest BCUT2D eigenvalue weighted by Crippen LogP contribution is 2.33. The van der Waals surface area contributed by atoms with Gasteiger partial charge in [0.2, 0.25) is 0 Å². The molecule has 0 saturated heterocycles. The lowest BCUT2D eigenvalue weighted by Crippen LogP contribution is -2.23. The minimum absolute atomic E-state index is 0.197. The van der Waals surface area contributed by atoms with Crippen LogP contribution < -0.4 is 15.6 Å². The second-order valence-corrected chi connectivity index (χ2v) is 8.24. The predicted octanol–water partition coefficient (Wildman–Crippen LogP) is 5.35. The van der Waals surface area contributed by atoms with Crippen molar-refractivity contribution < 1.29 is 9.53 Å². The molecule has 7 heteroatoms. The second kappa shape index (κ2) is 8.55. The largest absolute Gasteiger partial charge is 0.457 e. The number of hydrogen-bond acceptors (Lipinski definition) is 3. The van der Waals surface area contributed by atoms with Gasteiger partial charge in [-0.25, -0.2) is 0 Å². The number of carbonyl (C=O) groups is 1. The van der Waals surface area contributed by atoms with Gasteiger partial charge in [0.15, 0.2) is 0 Å². The molecule has 2 heterocycles. The number of aromatic nitrogens is 2. The molecule has 2 N–H and O–H groups in total. The summed E-state index contributed by atoms with van der Waals surface area (Å²) in [5, 5.41) is 4.08. The van der Waals surface area contributed by atoms with E-state index in [0.29, 0.717) is 39.7 Å². The number of fused-ring (bicyclic) bond motifs is 1. The smallest absolute Gasteiger partial charge is 0.274 e. The summed E-state index contributed by atoms with van der Waals surface area (Å²) >= 11 is 6.24. The van der Waals surface area contributed by atoms with Gasteiger partial charge in [-0.05, 0) is 67.8 Å². The SMILES string of the molecule is CCNC(=O)c1cc2c(-c3cc(C)cc(Oc4ccc(C)c(Cl)c4)c3)cn(C)c(=O)c2[nH]1. The molecule has 0 spiro atoms. The first kappa shape index (κ1) is 21.7. The van der Waals surface area contributed by atoms with Crippen LogP contribution in [0.3, 0.4) is 0 Å². The number of rotatable bonds is 5. The highest BCUT2D eigenvalue weighted by molar-refractivity contribution is 6.31. The molecule has 0 bridgehead atoms. The topological polar surface area (TPSA) is 76.1 Å². The molecule has 4 aromatic rings. The van der Waals surface area contributed by atoms with E-state index in [-0.39, 0.29) is 11.5 Å². The molecule has 164 valence electrons. The van der Waals surface area contributed by atoms with Crippen LogP contribution in [0.2, 0.25) is 5.02 Å². The Morgan fingerprint density at radius 3 is 2.62 bits per heavy atom. The van der Waals surface area contributed by atoms with Gasteiger partial charge in [-0.15, -0.1) is 0 Å². The van der Waals surface area contributed by atoms with Crippen LogP contribution in [0.15, 0.2) is 53.5 Å². The van der Waals surface area contributed by atoms with E-state index in [1.165, 1.54) is 4.57 Å². The minimum atomic E-state index is -0.249. The van der Waals surface area contributed by atoms with Crippen LogP contribution in [-0.2, 0) is 7.05 Å². The van der Waals surface area contributed by atoms with Crippen LogP contribution >= 0.6 is 11.6 Å². The molecule has 0 aliphatic carbocycles. The van der Waals surface area contributed by atoms with Crippen LogP contribution in [0.25, 0.3) is 22.0 Å². The summed E-state index contributed by atoms with van der Waals surface area (Å²) in [6.07, 6.45) is 1.78. The van der Waals surface area contributed by atoms with Gasteiger partial charge in [0, 0.05) is 35.8 Å². The zero-order valence-corrected chi connectivity index (χ0v) is 19.1. The van der Waals surface area contributed by atoms with Crippen molar-refractivity contribution in [2.24, 2.45) is 7.05 Å². The lowest BCUT2D eigenvalue weighted by Gasteiger charge is -2.12. The van der Waals surface area contributed by atoms with E-state index in [2.05, 4.69) is 10.3 Å². The average molecular weight is 450 g/mol. The van der Waals surface area contributed by atoms with Gasteiger partial charge in [-0.2, -0.15) is 0 Å². The monoisotopic (exact) mass is 449 g/mol. The maximum absolute atomic E-state index is 12.7. The molecular weight excluding hydrogens is 426 g/mol. The summed E-state index contributed by atoms with van der Waals surface area (Å²) in [5.41, 5.74) is 4.22. The van der Waals surface area contributed by atoms with E-state index in [9.17, 15) is 9.59 Å². The normalized spacial score (nSPS) is 11.0. The minimum Gasteiger partial charge on any atom is -0.457 e. The predicted molar refractivity (Wildman–Crippen MR) is 128 cm³/mol. The van der Waals surface area contributed by atoms with Gasteiger partial charge in [0.25, 0.3) is 11.5 Å². The van der Waals surface area contributed by atoms with Crippen LogP contribution in [0, 0.1) is 13.8 Å². The van der Waals surface area contributed by atoms with Crippen molar-refractivity contribution in [2.45, 2.75) is 20.8 Å². The van der Waals surface area contributed by atoms with E-state index < -0.39 is 0 Å². The Labute approximate surface area is 190 Å². The number of nitrogens with zero attached hydrogens (tertiary/aromatic N) is 1. The van der Waals surface area contributed by atoms with E-state index in [1.807, 2.05) is 51.1 Å². The van der Waals surface area contributed by atoms with Crippen LogP contribution in [-0.4, -0.2) is 22.0 Å². The standard InChI is InChI=1S/C25H24ClN3O3/c1-5-27-24(30)22-12-19-20(13-29(4)25(31)23(19)28-22)16-8-14(2)9-18(10-16)32-17-7-6-15(3)21(26)11-17/h6-13,28H,5H2,1-4H3,(H,27,30). The maximum Gasteiger partial charge on any atom is 0.274 e. The third-order valence-corrected chi connectivity index (χ3v) is 5.69. The van der Waals surface area contributed by atoms with Crippen LogP contribution in [0.1, 0.15) is 28.5 Å². The van der Waals surface area contributed by atoms with Crippen molar-refractivity contribution in [2.75, 3.05) is 6.54 Å². The van der Waals surface area contributed by atoms with E-state index in [0.717, 1.165) is 22.3 Å². The highest BCUT2D eigenvalue weighted by atomic mass is 35.5. The quantitative estimate of drug-likeness (QED) is 0.431. The summed E-state index contributed by atoms with van der Waals surface area (Å²) in [6.45, 7) is 6.27. The van der Waals surface area contributed by atoms with Crippen LogP contribution in [0.4, 0.5) is 0 Å². The first-order valence-corrected chi connectivity index (χ1v) is 10.7. The number of pyridine rings is 1. The lowest BCUT2D eigenvalue weighted by molar-refractivity contribution is 0.0951. The molecule has 32 heavy (non-hydrogen) atoms. The first-order chi connectivity index (χ1) is 15.3. The summed E-state index contributed by atoms with van der Waals surface area (Å²) < 4.78 is 7.59. The molecule has 0 saturated carbocycles. The summed E-state index contributed by atoms with van der Waals surface area (Å²) in [5.74, 6) is 1.05. The molecule has 0 fully saturated rings. The molecular formula is C25H24ClN3O3. The Bertz CT molecular complexity index is 1400. The van der Waals surface area contributed by atoms with Gasteiger partial charge in [-0.3, -0.25) is 9.59 Å². The van der Waals surface area contributed by atoms with Crippen molar-refractivity contribution in [3.63, 3.8) is 0 Å². The maximum atomic E-state index is 12.7. The van der Waals surface area contributed by atoms with Crippen molar-refractivity contribution >= 4 is 28.4 Å². The van der Waals surface area contributed by atoms with Crippen molar-refractivity contribution in [3.8, 4) is 22.6 Å². The first-order valence-electron chi connectivity index (χ1n) is 10.3. The molecule has 0 aliphatic rings. The third-order valence-electron chi connectivity index (χ3n) is 5.29. The number of carbonyl (C=O) groups excluding carboxylic acids is 1. The molecule has 1 amide bonds. The van der Waals surface area contributed by atoms with E-state index in [4.69, 9.17) is 16.3 Å². The number of aryl methyl sites for hydroxylation is 3. The number of amides is 1. The molecule has 6 nitrogen and oxygen atoms in total. The number of ether oxygens (including phenoxy) is 1. The number of nitrogens with one attached hydrogen (secondary N) is 2. The summed E-state index contributed by atoms with van der Waals surface area (Å²) in [6, 6.07) is 13.2. The van der Waals surface area contributed by atoms with Gasteiger partial charge in [0.1, 0.15) is 22.7 Å². The fourth-order valence-corrected chi connectivity index (χ4v) is 3.85. The Morgan fingerprint density at radius 1 is 1.12 bits per heavy atom. The number of benzene rings is 2. The zero-order chi connectivity index (χ0) is 23.0. The lowest BCUT2D eigenvalue weighted by atomic mass is 10.0. The zero-order valence-electron chi connectivity index (χ0n) is 18.4. The summed E-state index contributed by atoms with van der Waals surface area (Å²) in [7, 11) is 1.69.